The molecule has 0 atom stereocenters. The molecular formula is C19H11BrN3O2S-. The number of carboxylic acids is 1. The molecule has 0 saturated heterocycles. The quantitative estimate of drug-likeness (QED) is 0.530. The second kappa shape index (κ2) is 6.86. The third-order valence-corrected chi connectivity index (χ3v) is 5.32. The second-order valence-electron chi connectivity index (χ2n) is 5.55. The minimum Gasteiger partial charge on any atom is -0.545 e. The van der Waals surface area contributed by atoms with Crippen LogP contribution in [-0.2, 0) is 0 Å². The molecule has 0 amide bonds. The van der Waals surface area contributed by atoms with E-state index in [0.717, 1.165) is 31.5 Å². The molecule has 0 aliphatic carbocycles. The van der Waals surface area contributed by atoms with Crippen LogP contribution in [-0.4, -0.2) is 15.9 Å². The number of aromatic nitrogens is 2. The van der Waals surface area contributed by atoms with Crippen molar-refractivity contribution in [1.82, 2.24) is 9.97 Å². The number of fused-ring (bicyclic) bond motifs is 1. The van der Waals surface area contributed by atoms with Gasteiger partial charge in [-0.05, 0) is 35.4 Å². The first-order valence-electron chi connectivity index (χ1n) is 7.68. The number of benzene rings is 2. The molecule has 2 aromatic carbocycles. The van der Waals surface area contributed by atoms with Crippen LogP contribution in [0.3, 0.4) is 0 Å². The molecule has 128 valence electrons. The summed E-state index contributed by atoms with van der Waals surface area (Å²) >= 11 is 5.01. The van der Waals surface area contributed by atoms with Gasteiger partial charge in [0.05, 0.1) is 11.4 Å². The van der Waals surface area contributed by atoms with E-state index in [1.165, 1.54) is 18.5 Å². The van der Waals surface area contributed by atoms with E-state index >= 15 is 0 Å². The Kier molecular flexibility index (Phi) is 4.40. The Hall–Kier alpha value is -2.77. The molecule has 0 aliphatic rings. The van der Waals surface area contributed by atoms with Crippen molar-refractivity contribution in [2.24, 2.45) is 0 Å². The molecule has 4 aromatic rings. The van der Waals surface area contributed by atoms with Gasteiger partial charge in [0.2, 0.25) is 0 Å². The number of thiophene rings is 1. The Morgan fingerprint density at radius 2 is 1.77 bits per heavy atom. The molecule has 0 spiro atoms. The average Bonchev–Trinajstić information content (AvgIpc) is 3.08. The van der Waals surface area contributed by atoms with Crippen molar-refractivity contribution in [3.05, 3.63) is 70.3 Å². The van der Waals surface area contributed by atoms with Gasteiger partial charge in [0.1, 0.15) is 17.0 Å². The van der Waals surface area contributed by atoms with Crippen molar-refractivity contribution in [2.45, 2.75) is 0 Å². The molecule has 0 unspecified atom stereocenters. The van der Waals surface area contributed by atoms with E-state index in [1.54, 1.807) is 23.5 Å². The zero-order chi connectivity index (χ0) is 18.1. The largest absolute Gasteiger partial charge is 0.545 e. The van der Waals surface area contributed by atoms with Crippen molar-refractivity contribution in [1.29, 1.82) is 0 Å². The number of hydrogen-bond acceptors (Lipinski definition) is 6. The molecule has 7 heteroatoms. The van der Waals surface area contributed by atoms with Gasteiger partial charge in [0.25, 0.3) is 0 Å². The van der Waals surface area contributed by atoms with Crippen molar-refractivity contribution in [3.63, 3.8) is 0 Å². The number of anilines is 2. The van der Waals surface area contributed by atoms with E-state index in [4.69, 9.17) is 0 Å². The maximum atomic E-state index is 10.9. The van der Waals surface area contributed by atoms with Crippen LogP contribution in [0.1, 0.15) is 10.4 Å². The minimum atomic E-state index is -1.20. The number of rotatable bonds is 4. The third kappa shape index (κ3) is 3.18. The summed E-state index contributed by atoms with van der Waals surface area (Å²) in [6, 6.07) is 14.4. The number of nitrogens with zero attached hydrogens (tertiary/aromatic N) is 2. The highest BCUT2D eigenvalue weighted by Crippen LogP contribution is 2.37. The standard InChI is InChI=1S/C19H12BrN3O2S/c20-13-5-1-11(2-6-13)15-9-26-18-16(15)17(21-10-22-18)23-14-7-3-12(4-8-14)19(24)25/h1-10H,(H,24,25)(H,21,22,23)/p-1. The number of hydrogen-bond donors (Lipinski definition) is 1. The van der Waals surface area contributed by atoms with Gasteiger partial charge in [-0.15, -0.1) is 11.3 Å². The molecule has 2 aromatic heterocycles. The summed E-state index contributed by atoms with van der Waals surface area (Å²) in [5, 5.41) is 17.1. The molecule has 2 heterocycles. The number of carboxylic acid groups (broad SMARTS) is 1. The number of carbonyl (C=O) groups is 1. The van der Waals surface area contributed by atoms with Crippen LogP contribution in [0.15, 0.2) is 64.7 Å². The topological polar surface area (TPSA) is 77.9 Å². The molecule has 0 radical (unpaired) electrons. The first-order valence-corrected chi connectivity index (χ1v) is 9.35. The molecule has 26 heavy (non-hydrogen) atoms. The smallest absolute Gasteiger partial charge is 0.143 e. The van der Waals surface area contributed by atoms with Gasteiger partial charge in [-0.1, -0.05) is 40.2 Å². The Balaban J connectivity index is 1.76. The summed E-state index contributed by atoms with van der Waals surface area (Å²) in [5.74, 6) is -0.522. The SMILES string of the molecule is O=C([O-])c1ccc(Nc2ncnc3scc(-c4ccc(Br)cc4)c23)cc1. The first kappa shape index (κ1) is 16.7. The summed E-state index contributed by atoms with van der Waals surface area (Å²) in [7, 11) is 0. The fourth-order valence-corrected chi connectivity index (χ4v) is 3.82. The Bertz CT molecular complexity index is 1090. The molecular weight excluding hydrogens is 414 g/mol. The van der Waals surface area contributed by atoms with Crippen LogP contribution in [0, 0.1) is 0 Å². The van der Waals surface area contributed by atoms with E-state index in [1.807, 2.05) is 24.3 Å². The molecule has 4 rings (SSSR count). The zero-order valence-electron chi connectivity index (χ0n) is 13.3. The van der Waals surface area contributed by atoms with Gasteiger partial charge in [0, 0.05) is 21.1 Å². The maximum Gasteiger partial charge on any atom is 0.143 e. The first-order chi connectivity index (χ1) is 12.6. The molecule has 1 N–H and O–H groups in total. The summed E-state index contributed by atoms with van der Waals surface area (Å²) in [6.07, 6.45) is 1.52. The fourth-order valence-electron chi connectivity index (χ4n) is 2.64. The van der Waals surface area contributed by atoms with Crippen LogP contribution in [0.4, 0.5) is 11.5 Å². The van der Waals surface area contributed by atoms with E-state index in [0.29, 0.717) is 5.82 Å². The highest BCUT2D eigenvalue weighted by molar-refractivity contribution is 9.10. The number of aromatic carboxylic acids is 1. The molecule has 0 bridgehead atoms. The van der Waals surface area contributed by atoms with Crippen LogP contribution in [0.2, 0.25) is 0 Å². The summed E-state index contributed by atoms with van der Waals surface area (Å²) in [4.78, 5) is 20.5. The van der Waals surface area contributed by atoms with Gasteiger partial charge < -0.3 is 15.2 Å². The fraction of sp³-hybridized carbons (Fsp3) is 0. The van der Waals surface area contributed by atoms with E-state index in [-0.39, 0.29) is 5.56 Å². The van der Waals surface area contributed by atoms with Crippen LogP contribution < -0.4 is 10.4 Å². The van der Waals surface area contributed by atoms with Gasteiger partial charge in [-0.25, -0.2) is 9.97 Å². The number of nitrogens with one attached hydrogen (secondary N) is 1. The lowest BCUT2D eigenvalue weighted by molar-refractivity contribution is -0.255. The number of halogens is 1. The number of carbonyl (C=O) groups excluding carboxylic acids is 1. The van der Waals surface area contributed by atoms with Crippen molar-refractivity contribution in [3.8, 4) is 11.1 Å². The third-order valence-electron chi connectivity index (χ3n) is 3.91. The normalized spacial score (nSPS) is 10.8. The van der Waals surface area contributed by atoms with Crippen LogP contribution >= 0.6 is 27.3 Å². The lowest BCUT2D eigenvalue weighted by Crippen LogP contribution is -2.21. The molecule has 0 aliphatic heterocycles. The Morgan fingerprint density at radius 3 is 2.46 bits per heavy atom. The molecule has 5 nitrogen and oxygen atoms in total. The van der Waals surface area contributed by atoms with E-state index < -0.39 is 5.97 Å². The summed E-state index contributed by atoms with van der Waals surface area (Å²) < 4.78 is 1.02. The average molecular weight is 425 g/mol. The van der Waals surface area contributed by atoms with Gasteiger partial charge in [-0.2, -0.15) is 0 Å². The van der Waals surface area contributed by atoms with Crippen molar-refractivity contribution in [2.75, 3.05) is 5.32 Å². The van der Waals surface area contributed by atoms with E-state index in [9.17, 15) is 9.90 Å². The highest BCUT2D eigenvalue weighted by atomic mass is 79.9. The van der Waals surface area contributed by atoms with Crippen LogP contribution in [0.25, 0.3) is 21.3 Å². The Labute approximate surface area is 161 Å². The predicted octanol–water partition coefficient (Wildman–Crippen LogP) is 4.23. The lowest BCUT2D eigenvalue weighted by Gasteiger charge is -2.09. The highest BCUT2D eigenvalue weighted by Gasteiger charge is 2.13. The Morgan fingerprint density at radius 1 is 1.04 bits per heavy atom. The summed E-state index contributed by atoms with van der Waals surface area (Å²) in [5.41, 5.74) is 2.99. The van der Waals surface area contributed by atoms with Crippen molar-refractivity contribution < 1.29 is 9.90 Å². The van der Waals surface area contributed by atoms with Crippen molar-refractivity contribution >= 4 is 55.0 Å². The van der Waals surface area contributed by atoms with E-state index in [2.05, 4.69) is 36.6 Å². The lowest BCUT2D eigenvalue weighted by atomic mass is 10.1. The maximum absolute atomic E-state index is 10.9. The zero-order valence-corrected chi connectivity index (χ0v) is 15.7. The van der Waals surface area contributed by atoms with Gasteiger partial charge in [0.15, 0.2) is 0 Å². The monoisotopic (exact) mass is 424 g/mol. The second-order valence-corrected chi connectivity index (χ2v) is 7.32. The predicted molar refractivity (Wildman–Crippen MR) is 105 cm³/mol. The van der Waals surface area contributed by atoms with Crippen LogP contribution in [0.5, 0.6) is 0 Å². The summed E-state index contributed by atoms with van der Waals surface area (Å²) in [6.45, 7) is 0. The van der Waals surface area contributed by atoms with Gasteiger partial charge in [-0.3, -0.25) is 0 Å². The molecule has 0 saturated carbocycles. The minimum absolute atomic E-state index is 0.134. The van der Waals surface area contributed by atoms with Gasteiger partial charge >= 0.3 is 0 Å². The molecule has 0 fully saturated rings.